The molecule has 4 heteroatoms. The van der Waals surface area contributed by atoms with Crippen LogP contribution in [0, 0.1) is 12.8 Å². The first-order chi connectivity index (χ1) is 9.53. The van der Waals surface area contributed by atoms with Crippen LogP contribution in [0.2, 0.25) is 0 Å². The zero-order valence-electron chi connectivity index (χ0n) is 13.4. The van der Waals surface area contributed by atoms with E-state index in [4.69, 9.17) is 0 Å². The molecule has 0 radical (unpaired) electrons. The fourth-order valence-electron chi connectivity index (χ4n) is 3.45. The van der Waals surface area contributed by atoms with E-state index in [1.54, 1.807) is 11.3 Å². The van der Waals surface area contributed by atoms with Gasteiger partial charge in [-0.1, -0.05) is 19.8 Å². The average molecular weight is 295 g/mol. The molecule has 20 heavy (non-hydrogen) atoms. The molecule has 1 aliphatic carbocycles. The largest absolute Gasteiger partial charge is 0.315 e. The summed E-state index contributed by atoms with van der Waals surface area (Å²) in [4.78, 5) is 8.20. The first-order valence-electron chi connectivity index (χ1n) is 7.80. The van der Waals surface area contributed by atoms with E-state index in [2.05, 4.69) is 43.1 Å². The molecule has 114 valence electrons. The summed E-state index contributed by atoms with van der Waals surface area (Å²) in [5, 5.41) is 3.70. The molecule has 2 atom stereocenters. The van der Waals surface area contributed by atoms with Gasteiger partial charge in [-0.15, -0.1) is 11.3 Å². The third kappa shape index (κ3) is 3.80. The topological polar surface area (TPSA) is 28.2 Å². The number of nitrogens with zero attached hydrogens (tertiary/aromatic N) is 2. The van der Waals surface area contributed by atoms with E-state index >= 15 is 0 Å². The van der Waals surface area contributed by atoms with Crippen LogP contribution in [0.4, 0.5) is 0 Å². The monoisotopic (exact) mass is 295 g/mol. The highest BCUT2D eigenvalue weighted by Crippen LogP contribution is 2.35. The van der Waals surface area contributed by atoms with E-state index in [0.29, 0.717) is 5.54 Å². The van der Waals surface area contributed by atoms with Crippen molar-refractivity contribution in [2.75, 3.05) is 27.2 Å². The van der Waals surface area contributed by atoms with Crippen LogP contribution in [0.5, 0.6) is 0 Å². The lowest BCUT2D eigenvalue weighted by atomic mass is 9.75. The summed E-state index contributed by atoms with van der Waals surface area (Å²) >= 11 is 1.78. The number of nitrogens with one attached hydrogen (secondary N) is 1. The van der Waals surface area contributed by atoms with Crippen LogP contribution in [-0.2, 0) is 6.42 Å². The molecule has 2 unspecified atom stereocenters. The normalized spacial score (nSPS) is 27.1. The van der Waals surface area contributed by atoms with Crippen LogP contribution in [0.1, 0.15) is 43.2 Å². The van der Waals surface area contributed by atoms with Crippen LogP contribution < -0.4 is 5.32 Å². The van der Waals surface area contributed by atoms with Gasteiger partial charge in [0, 0.05) is 23.5 Å². The van der Waals surface area contributed by atoms with Crippen molar-refractivity contribution in [3.63, 3.8) is 0 Å². The van der Waals surface area contributed by atoms with Crippen LogP contribution in [0.3, 0.4) is 0 Å². The fraction of sp³-hybridized carbons (Fsp3) is 0.812. The Morgan fingerprint density at radius 1 is 1.50 bits per heavy atom. The van der Waals surface area contributed by atoms with E-state index in [9.17, 15) is 0 Å². The smallest absolute Gasteiger partial charge is 0.0797 e. The Hall–Kier alpha value is -0.450. The van der Waals surface area contributed by atoms with Gasteiger partial charge in [0.2, 0.25) is 0 Å². The van der Waals surface area contributed by atoms with Crippen LogP contribution in [-0.4, -0.2) is 42.6 Å². The molecule has 1 aliphatic rings. The van der Waals surface area contributed by atoms with E-state index in [-0.39, 0.29) is 0 Å². The average Bonchev–Trinajstić information content (AvgIpc) is 2.80. The summed E-state index contributed by atoms with van der Waals surface area (Å²) in [7, 11) is 4.49. The molecule has 0 aliphatic heterocycles. The summed E-state index contributed by atoms with van der Waals surface area (Å²) in [5.41, 5.74) is 3.51. The lowest BCUT2D eigenvalue weighted by Gasteiger charge is -2.45. The number of likely N-dealkylation sites (N-methyl/N-ethyl adjacent to an activating group) is 1. The number of aromatic nitrogens is 1. The number of hydrogen-bond donors (Lipinski definition) is 1. The Morgan fingerprint density at radius 3 is 2.90 bits per heavy atom. The van der Waals surface area contributed by atoms with Gasteiger partial charge in [0.25, 0.3) is 0 Å². The molecule has 1 heterocycles. The first kappa shape index (κ1) is 15.9. The Balaban J connectivity index is 1.82. The standard InChI is InChI=1S/C16H29N3S/c1-13-6-5-8-16(10-13,19(3)4)11-17-9-7-15-14(2)18-12-20-15/h12-13,17H,5-11H2,1-4H3. The van der Waals surface area contributed by atoms with Crippen molar-refractivity contribution in [3.05, 3.63) is 16.1 Å². The fourth-order valence-corrected chi connectivity index (χ4v) is 4.23. The highest BCUT2D eigenvalue weighted by atomic mass is 32.1. The summed E-state index contributed by atoms with van der Waals surface area (Å²) in [6.07, 6.45) is 6.53. The summed E-state index contributed by atoms with van der Waals surface area (Å²) in [6, 6.07) is 0. The van der Waals surface area contributed by atoms with Gasteiger partial charge in [0.15, 0.2) is 0 Å². The lowest BCUT2D eigenvalue weighted by Crippen LogP contribution is -2.54. The van der Waals surface area contributed by atoms with Crippen molar-refractivity contribution < 1.29 is 0 Å². The van der Waals surface area contributed by atoms with Gasteiger partial charge in [0.1, 0.15) is 0 Å². The zero-order chi connectivity index (χ0) is 14.6. The molecule has 0 saturated heterocycles. The number of rotatable bonds is 6. The predicted molar refractivity (Wildman–Crippen MR) is 87.5 cm³/mol. The minimum absolute atomic E-state index is 0.362. The molecule has 0 spiro atoms. The molecule has 0 bridgehead atoms. The summed E-state index contributed by atoms with van der Waals surface area (Å²) in [5.74, 6) is 0.858. The van der Waals surface area contributed by atoms with E-state index in [1.165, 1.54) is 36.3 Å². The molecule has 0 aromatic carbocycles. The molecule has 1 N–H and O–H groups in total. The summed E-state index contributed by atoms with van der Waals surface area (Å²) < 4.78 is 0. The van der Waals surface area contributed by atoms with Gasteiger partial charge in [-0.25, -0.2) is 4.98 Å². The second-order valence-corrected chi connectivity index (χ2v) is 7.55. The van der Waals surface area contributed by atoms with Gasteiger partial charge in [-0.2, -0.15) is 0 Å². The van der Waals surface area contributed by atoms with Crippen molar-refractivity contribution in [1.29, 1.82) is 0 Å². The van der Waals surface area contributed by atoms with Gasteiger partial charge >= 0.3 is 0 Å². The van der Waals surface area contributed by atoms with Crippen molar-refractivity contribution in [1.82, 2.24) is 15.2 Å². The van der Waals surface area contributed by atoms with Gasteiger partial charge in [-0.3, -0.25) is 0 Å². The molecular formula is C16H29N3S. The highest BCUT2D eigenvalue weighted by Gasteiger charge is 2.36. The van der Waals surface area contributed by atoms with E-state index in [1.807, 2.05) is 5.51 Å². The van der Waals surface area contributed by atoms with Crippen LogP contribution in [0.25, 0.3) is 0 Å². The van der Waals surface area contributed by atoms with Crippen molar-refractivity contribution in [2.45, 2.75) is 51.5 Å². The maximum absolute atomic E-state index is 4.32. The SMILES string of the molecule is Cc1ncsc1CCNCC1(N(C)C)CCCC(C)C1. The van der Waals surface area contributed by atoms with Gasteiger partial charge in [0.05, 0.1) is 11.2 Å². The molecular weight excluding hydrogens is 266 g/mol. The first-order valence-corrected chi connectivity index (χ1v) is 8.68. The molecule has 1 fully saturated rings. The summed E-state index contributed by atoms with van der Waals surface area (Å²) in [6.45, 7) is 6.68. The van der Waals surface area contributed by atoms with Crippen LogP contribution in [0.15, 0.2) is 5.51 Å². The predicted octanol–water partition coefficient (Wildman–Crippen LogP) is 3.09. The zero-order valence-corrected chi connectivity index (χ0v) is 14.2. The molecule has 2 rings (SSSR count). The lowest BCUT2D eigenvalue weighted by molar-refractivity contribution is 0.0755. The van der Waals surface area contributed by atoms with E-state index in [0.717, 1.165) is 25.4 Å². The Bertz CT molecular complexity index is 416. The third-order valence-corrected chi connectivity index (χ3v) is 5.84. The molecule has 1 aromatic rings. The second-order valence-electron chi connectivity index (χ2n) is 6.61. The molecule has 0 amide bonds. The van der Waals surface area contributed by atoms with Crippen molar-refractivity contribution in [3.8, 4) is 0 Å². The third-order valence-electron chi connectivity index (χ3n) is 4.84. The Kier molecular flexibility index (Phi) is 5.58. The maximum atomic E-state index is 4.32. The number of hydrogen-bond acceptors (Lipinski definition) is 4. The number of aryl methyl sites for hydroxylation is 1. The molecule has 3 nitrogen and oxygen atoms in total. The Morgan fingerprint density at radius 2 is 2.30 bits per heavy atom. The Labute approximate surface area is 127 Å². The minimum atomic E-state index is 0.362. The highest BCUT2D eigenvalue weighted by molar-refractivity contribution is 7.09. The van der Waals surface area contributed by atoms with Crippen molar-refractivity contribution in [2.24, 2.45) is 5.92 Å². The van der Waals surface area contributed by atoms with Gasteiger partial charge < -0.3 is 10.2 Å². The maximum Gasteiger partial charge on any atom is 0.0797 e. The van der Waals surface area contributed by atoms with Crippen molar-refractivity contribution >= 4 is 11.3 Å². The van der Waals surface area contributed by atoms with Crippen LogP contribution >= 0.6 is 11.3 Å². The van der Waals surface area contributed by atoms with E-state index < -0.39 is 0 Å². The quantitative estimate of drug-likeness (QED) is 0.818. The second kappa shape index (κ2) is 7.01. The molecule has 1 saturated carbocycles. The molecule has 1 aromatic heterocycles. The number of thiazole rings is 1. The minimum Gasteiger partial charge on any atom is -0.315 e. The van der Waals surface area contributed by atoms with Gasteiger partial charge in [-0.05, 0) is 46.2 Å².